The van der Waals surface area contributed by atoms with E-state index in [1.165, 1.54) is 6.07 Å². The molecule has 0 aromatic heterocycles. The third-order valence-corrected chi connectivity index (χ3v) is 9.32. The van der Waals surface area contributed by atoms with Crippen LogP contribution in [0.15, 0.2) is 109 Å². The minimum atomic E-state index is -5.86. The molecule has 0 aliphatic rings. The zero-order valence-corrected chi connectivity index (χ0v) is 28.2. The van der Waals surface area contributed by atoms with E-state index in [0.717, 1.165) is 17.2 Å². The number of halogens is 2. The Balaban J connectivity index is 2.07. The van der Waals surface area contributed by atoms with Crippen molar-refractivity contribution in [3.05, 3.63) is 148 Å². The van der Waals surface area contributed by atoms with Crippen LogP contribution < -0.4 is 0 Å². The highest BCUT2D eigenvalue weighted by molar-refractivity contribution is 7.52. The molecule has 0 saturated carbocycles. The van der Waals surface area contributed by atoms with Crippen LogP contribution in [-0.4, -0.2) is 15.6 Å². The molecule has 7 heteroatoms. The Morgan fingerprint density at radius 1 is 0.717 bits per heavy atom. The van der Waals surface area contributed by atoms with Crippen molar-refractivity contribution in [2.24, 2.45) is 0 Å². The molecular weight excluding hydrogens is 601 g/mol. The predicted octanol–water partition coefficient (Wildman–Crippen LogP) is 9.98. The first-order valence-corrected chi connectivity index (χ1v) is 17.0. The highest BCUT2D eigenvalue weighted by Gasteiger charge is 2.53. The molecule has 0 radical (unpaired) electrons. The number of hydrogen-bond acceptors (Lipinski definition) is 2. The summed E-state index contributed by atoms with van der Waals surface area (Å²) in [6.45, 7) is 11.0. The van der Waals surface area contributed by atoms with Gasteiger partial charge in [-0.25, -0.2) is 0 Å². The smallest absolute Gasteiger partial charge is 0.320 e. The Hall–Kier alpha value is -3.70. The second-order valence-electron chi connectivity index (χ2n) is 13.9. The van der Waals surface area contributed by atoms with Gasteiger partial charge >= 0.3 is 13.3 Å². The van der Waals surface area contributed by atoms with Crippen LogP contribution in [0.25, 0.3) is 6.08 Å². The maximum Gasteiger partial charge on any atom is 0.399 e. The van der Waals surface area contributed by atoms with Gasteiger partial charge in [0.05, 0.1) is 5.41 Å². The molecule has 4 aromatic rings. The zero-order chi connectivity index (χ0) is 34.0. The van der Waals surface area contributed by atoms with Gasteiger partial charge in [0.1, 0.15) is 0 Å². The van der Waals surface area contributed by atoms with Crippen molar-refractivity contribution in [3.8, 4) is 0 Å². The fraction of sp³-hybridized carbons (Fsp3) is 0.308. The van der Waals surface area contributed by atoms with Crippen LogP contribution in [0.4, 0.5) is 8.78 Å². The second-order valence-corrected chi connectivity index (χ2v) is 15.6. The van der Waals surface area contributed by atoms with Crippen molar-refractivity contribution >= 4 is 19.5 Å². The second kappa shape index (κ2) is 13.2. The van der Waals surface area contributed by atoms with Gasteiger partial charge < -0.3 is 9.79 Å². The summed E-state index contributed by atoms with van der Waals surface area (Å²) in [7, 11) is -5.86. The van der Waals surface area contributed by atoms with Gasteiger partial charge in [-0.2, -0.15) is 8.78 Å². The van der Waals surface area contributed by atoms with E-state index in [9.17, 15) is 19.1 Å². The van der Waals surface area contributed by atoms with Crippen LogP contribution in [0.1, 0.15) is 91.7 Å². The van der Waals surface area contributed by atoms with E-state index in [1.54, 1.807) is 32.9 Å². The third-order valence-electron chi connectivity index (χ3n) is 8.35. The van der Waals surface area contributed by atoms with Crippen molar-refractivity contribution in [3.63, 3.8) is 0 Å². The standard InChI is InChI=1S/C39H43F2O4P/c1-36(2,3)33-30(24-25-32(34(33)37(4,5)6)39(40,41)46(43,44)45)27-38(31-22-14-9-15-23-31,35(42)29-20-12-8-13-21-29)26-16-19-28-17-10-7-11-18-28/h7-25H,26-27H2,1-6H3,(H2,43,44,45). The summed E-state index contributed by atoms with van der Waals surface area (Å²) in [5.41, 5.74) is -4.19. The Morgan fingerprint density at radius 3 is 1.72 bits per heavy atom. The van der Waals surface area contributed by atoms with E-state index < -0.39 is 35.1 Å². The molecule has 0 spiro atoms. The van der Waals surface area contributed by atoms with Crippen molar-refractivity contribution in [2.75, 3.05) is 0 Å². The number of Topliss-reactive ketones (excluding diaryl/α,β-unsaturated/α-hetero) is 1. The number of benzene rings is 4. The average molecular weight is 645 g/mol. The van der Waals surface area contributed by atoms with Gasteiger partial charge in [0.25, 0.3) is 0 Å². The fourth-order valence-corrected chi connectivity index (χ4v) is 6.84. The molecule has 46 heavy (non-hydrogen) atoms. The van der Waals surface area contributed by atoms with Gasteiger partial charge in [-0.1, -0.05) is 157 Å². The van der Waals surface area contributed by atoms with Crippen LogP contribution in [0.2, 0.25) is 0 Å². The van der Waals surface area contributed by atoms with Crippen molar-refractivity contribution in [1.29, 1.82) is 0 Å². The lowest BCUT2D eigenvalue weighted by Gasteiger charge is -2.39. The van der Waals surface area contributed by atoms with E-state index >= 15 is 8.78 Å². The first-order chi connectivity index (χ1) is 21.4. The van der Waals surface area contributed by atoms with Gasteiger partial charge in [0.2, 0.25) is 0 Å². The van der Waals surface area contributed by atoms with E-state index in [2.05, 4.69) is 0 Å². The molecular formula is C39H43F2O4P. The SMILES string of the molecule is CC(C)(C)c1c(CC(CC=Cc2ccccc2)(C(=O)c2ccccc2)c2ccccc2)ccc(C(F)(F)P(=O)(O)O)c1C(C)(C)C. The first-order valence-electron chi connectivity index (χ1n) is 15.4. The summed E-state index contributed by atoms with van der Waals surface area (Å²) in [6.07, 6.45) is 4.45. The lowest BCUT2D eigenvalue weighted by Crippen LogP contribution is -2.39. The quantitative estimate of drug-likeness (QED) is 0.133. The molecule has 1 atom stereocenters. The molecule has 4 rings (SSSR count). The zero-order valence-electron chi connectivity index (χ0n) is 27.3. The van der Waals surface area contributed by atoms with Gasteiger partial charge in [-0.15, -0.1) is 0 Å². The summed E-state index contributed by atoms with van der Waals surface area (Å²) in [4.78, 5) is 34.4. The minimum absolute atomic E-state index is 0.112. The molecule has 0 bridgehead atoms. The summed E-state index contributed by atoms with van der Waals surface area (Å²) in [5.74, 6) is -0.112. The maximum absolute atomic E-state index is 15.6. The summed E-state index contributed by atoms with van der Waals surface area (Å²) >= 11 is 0. The van der Waals surface area contributed by atoms with Gasteiger partial charge in [-0.05, 0) is 51.5 Å². The number of allylic oxidation sites excluding steroid dienone is 1. The highest BCUT2D eigenvalue weighted by Crippen LogP contribution is 2.61. The monoisotopic (exact) mass is 644 g/mol. The largest absolute Gasteiger partial charge is 0.399 e. The Labute approximate surface area is 271 Å². The van der Waals surface area contributed by atoms with Crippen LogP contribution in [0, 0.1) is 0 Å². The molecule has 1 unspecified atom stereocenters. The van der Waals surface area contributed by atoms with Gasteiger partial charge in [0.15, 0.2) is 5.78 Å². The lowest BCUT2D eigenvalue weighted by atomic mass is 9.64. The van der Waals surface area contributed by atoms with E-state index in [-0.39, 0.29) is 17.8 Å². The number of ketones is 1. The summed E-state index contributed by atoms with van der Waals surface area (Å²) < 4.78 is 43.4. The number of carbonyl (C=O) groups is 1. The topological polar surface area (TPSA) is 74.6 Å². The molecule has 242 valence electrons. The molecule has 4 aromatic carbocycles. The predicted molar refractivity (Wildman–Crippen MR) is 182 cm³/mol. The number of hydrogen-bond donors (Lipinski definition) is 2. The molecule has 4 nitrogen and oxygen atoms in total. The number of alkyl halides is 2. The Morgan fingerprint density at radius 2 is 1.22 bits per heavy atom. The van der Waals surface area contributed by atoms with Crippen LogP contribution in [0.5, 0.6) is 0 Å². The highest BCUT2D eigenvalue weighted by atomic mass is 31.2. The van der Waals surface area contributed by atoms with Gasteiger partial charge in [-0.3, -0.25) is 9.36 Å². The van der Waals surface area contributed by atoms with Gasteiger partial charge in [0, 0.05) is 11.1 Å². The van der Waals surface area contributed by atoms with Crippen molar-refractivity contribution in [1.82, 2.24) is 0 Å². The molecule has 0 fully saturated rings. The van der Waals surface area contributed by atoms with Crippen LogP contribution in [0.3, 0.4) is 0 Å². The maximum atomic E-state index is 15.6. The molecule has 0 saturated heterocycles. The van der Waals surface area contributed by atoms with Crippen LogP contribution in [-0.2, 0) is 32.9 Å². The van der Waals surface area contributed by atoms with E-state index in [0.29, 0.717) is 23.1 Å². The lowest BCUT2D eigenvalue weighted by molar-refractivity contribution is 0.0544. The molecule has 0 aliphatic carbocycles. The minimum Gasteiger partial charge on any atom is -0.320 e. The Kier molecular flexibility index (Phi) is 10.1. The molecule has 0 aliphatic heterocycles. The van der Waals surface area contributed by atoms with Crippen molar-refractivity contribution < 1.29 is 27.9 Å². The average Bonchev–Trinajstić information content (AvgIpc) is 2.99. The third kappa shape index (κ3) is 7.31. The number of carbonyl (C=O) groups excluding carboxylic acids is 1. The van der Waals surface area contributed by atoms with Crippen LogP contribution >= 0.6 is 7.60 Å². The fourth-order valence-electron chi connectivity index (χ4n) is 6.34. The molecule has 0 heterocycles. The Bertz CT molecular complexity index is 1730. The van der Waals surface area contributed by atoms with Crippen molar-refractivity contribution in [2.45, 2.75) is 76.3 Å². The van der Waals surface area contributed by atoms with E-state index in [4.69, 9.17) is 0 Å². The molecule has 0 amide bonds. The van der Waals surface area contributed by atoms with E-state index in [1.807, 2.05) is 112 Å². The number of rotatable bonds is 10. The molecule has 2 N–H and O–H groups in total. The first kappa shape index (κ1) is 35.2. The summed E-state index contributed by atoms with van der Waals surface area (Å²) in [5, 5.41) is 0. The summed E-state index contributed by atoms with van der Waals surface area (Å²) in [6, 6.07) is 31.0. The normalized spacial score (nSPS) is 14.3.